The number of nitrogens with one attached hydrogen (secondary N) is 2. The zero-order valence-corrected chi connectivity index (χ0v) is 15.7. The van der Waals surface area contributed by atoms with Gasteiger partial charge in [-0.1, -0.05) is 18.2 Å². The number of amides is 2. The van der Waals surface area contributed by atoms with Gasteiger partial charge >= 0.3 is 0 Å². The van der Waals surface area contributed by atoms with E-state index in [1.165, 1.54) is 0 Å². The summed E-state index contributed by atoms with van der Waals surface area (Å²) in [6.07, 6.45) is 0.217. The molecule has 2 aromatic rings. The Morgan fingerprint density at radius 1 is 1.00 bits per heavy atom. The van der Waals surface area contributed by atoms with Gasteiger partial charge in [0.2, 0.25) is 5.91 Å². The Balaban J connectivity index is 1.97. The predicted molar refractivity (Wildman–Crippen MR) is 103 cm³/mol. The number of aliphatic hydroxyl groups is 1. The molecule has 5 nitrogen and oxygen atoms in total. The summed E-state index contributed by atoms with van der Waals surface area (Å²) in [5, 5.41) is 14.8. The number of benzene rings is 2. The van der Waals surface area contributed by atoms with Crippen molar-refractivity contribution in [2.45, 2.75) is 39.7 Å². The van der Waals surface area contributed by atoms with Crippen molar-refractivity contribution in [3.63, 3.8) is 0 Å². The van der Waals surface area contributed by atoms with Gasteiger partial charge in [0.15, 0.2) is 0 Å². The van der Waals surface area contributed by atoms with Crippen molar-refractivity contribution in [1.82, 2.24) is 5.32 Å². The van der Waals surface area contributed by atoms with Gasteiger partial charge in [0, 0.05) is 11.3 Å². The number of rotatable bonds is 6. The van der Waals surface area contributed by atoms with E-state index in [9.17, 15) is 14.7 Å². The van der Waals surface area contributed by atoms with Crippen LogP contribution in [0.2, 0.25) is 0 Å². The first kappa shape index (κ1) is 19.7. The van der Waals surface area contributed by atoms with Crippen molar-refractivity contribution in [3.8, 4) is 0 Å². The topological polar surface area (TPSA) is 78.4 Å². The van der Waals surface area contributed by atoms with Crippen molar-refractivity contribution < 1.29 is 14.7 Å². The lowest BCUT2D eigenvalue weighted by Gasteiger charge is -2.23. The lowest BCUT2D eigenvalue weighted by atomic mass is 10.1. The average Bonchev–Trinajstić information content (AvgIpc) is 2.58. The number of aliphatic hydroxyl groups excluding tert-OH is 1. The van der Waals surface area contributed by atoms with Crippen molar-refractivity contribution in [3.05, 3.63) is 64.7 Å². The van der Waals surface area contributed by atoms with Crippen LogP contribution in [-0.4, -0.2) is 29.1 Å². The molecule has 0 saturated heterocycles. The zero-order valence-electron chi connectivity index (χ0n) is 15.7. The van der Waals surface area contributed by atoms with Crippen LogP contribution in [0, 0.1) is 13.8 Å². The molecule has 0 aliphatic heterocycles. The van der Waals surface area contributed by atoms with Crippen molar-refractivity contribution in [1.29, 1.82) is 0 Å². The minimum atomic E-state index is -0.642. The first-order chi connectivity index (χ1) is 12.2. The van der Waals surface area contributed by atoms with Crippen LogP contribution in [0.5, 0.6) is 0 Å². The van der Waals surface area contributed by atoms with Crippen LogP contribution in [0.3, 0.4) is 0 Å². The van der Waals surface area contributed by atoms with E-state index in [-0.39, 0.29) is 24.8 Å². The van der Waals surface area contributed by atoms with Crippen LogP contribution in [0.15, 0.2) is 42.5 Å². The smallest absolute Gasteiger partial charge is 0.255 e. The molecule has 26 heavy (non-hydrogen) atoms. The molecule has 138 valence electrons. The second-order valence-electron chi connectivity index (χ2n) is 7.22. The van der Waals surface area contributed by atoms with Gasteiger partial charge in [-0.05, 0) is 68.7 Å². The Morgan fingerprint density at radius 3 is 2.23 bits per heavy atom. The fraction of sp³-hybridized carbons (Fsp3) is 0.333. The molecule has 0 radical (unpaired) electrons. The first-order valence-corrected chi connectivity index (χ1v) is 8.59. The summed E-state index contributed by atoms with van der Waals surface area (Å²) in [5.74, 6) is -0.320. The highest BCUT2D eigenvalue weighted by Crippen LogP contribution is 2.14. The third kappa shape index (κ3) is 5.43. The molecule has 0 aliphatic rings. The SMILES string of the molecule is Cc1ccc(C(=O)Nc2ccc(CC(=O)NC(C)(C)CO)cc2)cc1C. The van der Waals surface area contributed by atoms with E-state index in [4.69, 9.17) is 0 Å². The zero-order chi connectivity index (χ0) is 19.3. The van der Waals surface area contributed by atoms with Crippen LogP contribution in [-0.2, 0) is 11.2 Å². The van der Waals surface area contributed by atoms with Crippen molar-refractivity contribution in [2.24, 2.45) is 0 Å². The predicted octanol–water partition coefficient (Wildman–Crippen LogP) is 2.99. The van der Waals surface area contributed by atoms with Crippen molar-refractivity contribution >= 4 is 17.5 Å². The molecule has 0 atom stereocenters. The maximum atomic E-state index is 12.3. The van der Waals surface area contributed by atoms with E-state index >= 15 is 0 Å². The second kappa shape index (κ2) is 8.15. The van der Waals surface area contributed by atoms with Gasteiger partial charge in [-0.3, -0.25) is 9.59 Å². The highest BCUT2D eigenvalue weighted by atomic mass is 16.3. The summed E-state index contributed by atoms with van der Waals surface area (Å²) in [6, 6.07) is 12.8. The first-order valence-electron chi connectivity index (χ1n) is 8.59. The van der Waals surface area contributed by atoms with Crippen LogP contribution in [0.4, 0.5) is 5.69 Å². The molecule has 0 bridgehead atoms. The molecule has 0 aromatic heterocycles. The van der Waals surface area contributed by atoms with E-state index in [2.05, 4.69) is 10.6 Å². The van der Waals surface area contributed by atoms with Gasteiger partial charge in [-0.2, -0.15) is 0 Å². The molecule has 0 saturated carbocycles. The molecule has 0 spiro atoms. The molecule has 2 amide bonds. The van der Waals surface area contributed by atoms with Crippen LogP contribution >= 0.6 is 0 Å². The molecule has 3 N–H and O–H groups in total. The molecular formula is C21H26N2O3. The Kier molecular flexibility index (Phi) is 6.16. The van der Waals surface area contributed by atoms with E-state index in [0.717, 1.165) is 16.7 Å². The third-order valence-corrected chi connectivity index (χ3v) is 4.22. The Hall–Kier alpha value is -2.66. The highest BCUT2D eigenvalue weighted by molar-refractivity contribution is 6.04. The second-order valence-corrected chi connectivity index (χ2v) is 7.22. The third-order valence-electron chi connectivity index (χ3n) is 4.22. The fourth-order valence-corrected chi connectivity index (χ4v) is 2.44. The summed E-state index contributed by atoms with van der Waals surface area (Å²) in [6.45, 7) is 7.38. The molecule has 5 heteroatoms. The monoisotopic (exact) mass is 354 g/mol. The molecular weight excluding hydrogens is 328 g/mol. The summed E-state index contributed by atoms with van der Waals surface area (Å²) < 4.78 is 0. The lowest BCUT2D eigenvalue weighted by molar-refractivity contribution is -0.122. The van der Waals surface area contributed by atoms with E-state index in [1.54, 1.807) is 32.0 Å². The maximum Gasteiger partial charge on any atom is 0.255 e. The highest BCUT2D eigenvalue weighted by Gasteiger charge is 2.19. The summed E-state index contributed by atoms with van der Waals surface area (Å²) in [5.41, 5.74) is 3.70. The molecule has 0 unspecified atom stereocenters. The molecule has 0 aliphatic carbocycles. The molecule has 2 aromatic carbocycles. The van der Waals surface area contributed by atoms with Gasteiger partial charge in [0.05, 0.1) is 18.6 Å². The number of carbonyl (C=O) groups is 2. The van der Waals surface area contributed by atoms with Gasteiger partial charge in [-0.25, -0.2) is 0 Å². The molecule has 2 rings (SSSR count). The van der Waals surface area contributed by atoms with Crippen molar-refractivity contribution in [2.75, 3.05) is 11.9 Å². The number of hydrogen-bond acceptors (Lipinski definition) is 3. The molecule has 0 heterocycles. The Morgan fingerprint density at radius 2 is 1.65 bits per heavy atom. The normalized spacial score (nSPS) is 11.1. The Labute approximate surface area is 154 Å². The maximum absolute atomic E-state index is 12.3. The number of aryl methyl sites for hydroxylation is 2. The number of anilines is 1. The Bertz CT molecular complexity index is 795. The minimum Gasteiger partial charge on any atom is -0.394 e. The summed E-state index contributed by atoms with van der Waals surface area (Å²) >= 11 is 0. The molecule has 0 fully saturated rings. The summed E-state index contributed by atoms with van der Waals surface area (Å²) in [7, 11) is 0. The summed E-state index contributed by atoms with van der Waals surface area (Å²) in [4.78, 5) is 24.3. The van der Waals surface area contributed by atoms with Crippen LogP contribution < -0.4 is 10.6 Å². The number of hydrogen-bond donors (Lipinski definition) is 3. The largest absolute Gasteiger partial charge is 0.394 e. The van der Waals surface area contributed by atoms with Crippen LogP contribution in [0.1, 0.15) is 40.9 Å². The van der Waals surface area contributed by atoms with E-state index < -0.39 is 5.54 Å². The number of carbonyl (C=O) groups excluding carboxylic acids is 2. The average molecular weight is 354 g/mol. The fourth-order valence-electron chi connectivity index (χ4n) is 2.44. The van der Waals surface area contributed by atoms with Gasteiger partial charge in [0.25, 0.3) is 5.91 Å². The lowest BCUT2D eigenvalue weighted by Crippen LogP contribution is -2.46. The standard InChI is InChI=1S/C21H26N2O3/c1-14-5-8-17(11-15(14)2)20(26)22-18-9-6-16(7-10-18)12-19(25)23-21(3,4)13-24/h5-11,24H,12-13H2,1-4H3,(H,22,26)(H,23,25). The van der Waals surface area contributed by atoms with E-state index in [1.807, 2.05) is 38.1 Å². The van der Waals surface area contributed by atoms with Crippen LogP contribution in [0.25, 0.3) is 0 Å². The van der Waals surface area contributed by atoms with Gasteiger partial charge in [-0.15, -0.1) is 0 Å². The van der Waals surface area contributed by atoms with Gasteiger partial charge in [0.1, 0.15) is 0 Å². The minimum absolute atomic E-state index is 0.123. The van der Waals surface area contributed by atoms with Gasteiger partial charge < -0.3 is 15.7 Å². The quantitative estimate of drug-likeness (QED) is 0.746. The van der Waals surface area contributed by atoms with E-state index in [0.29, 0.717) is 11.3 Å².